The van der Waals surface area contributed by atoms with Crippen molar-refractivity contribution in [2.24, 2.45) is 5.73 Å². The zero-order valence-electron chi connectivity index (χ0n) is 9.76. The molecule has 0 aromatic heterocycles. The number of halogens is 2. The maximum absolute atomic E-state index is 14.0. The molecule has 1 atom stereocenters. The molecule has 3 N–H and O–H groups in total. The van der Waals surface area contributed by atoms with Crippen molar-refractivity contribution in [3.8, 4) is 0 Å². The molecule has 0 fully saturated rings. The molecule has 94 valence electrons. The summed E-state index contributed by atoms with van der Waals surface area (Å²) in [6, 6.07) is 1.10. The van der Waals surface area contributed by atoms with E-state index in [1.54, 1.807) is 19.9 Å². The van der Waals surface area contributed by atoms with E-state index in [9.17, 15) is 9.18 Å². The average Bonchev–Trinajstić information content (AvgIpc) is 2.24. The molecule has 0 aliphatic heterocycles. The lowest BCUT2D eigenvalue weighted by Crippen LogP contribution is -2.16. The Morgan fingerprint density at radius 2 is 2.18 bits per heavy atom. The maximum Gasteiger partial charge on any atom is 0.303 e. The molecule has 5 heteroatoms. The highest BCUT2D eigenvalue weighted by molar-refractivity contribution is 9.10. The van der Waals surface area contributed by atoms with Crippen molar-refractivity contribution in [2.75, 3.05) is 0 Å². The lowest BCUT2D eigenvalue weighted by Gasteiger charge is -2.17. The van der Waals surface area contributed by atoms with Gasteiger partial charge in [-0.2, -0.15) is 0 Å². The molecule has 0 heterocycles. The standard InChI is InChI=1S/C12H15BrFNO2/c1-6-5-8(13)7(2)11(12(6)14)9(15)3-4-10(16)17/h5,9H,3-4,15H2,1-2H3,(H,16,17). The lowest BCUT2D eigenvalue weighted by molar-refractivity contribution is -0.137. The van der Waals surface area contributed by atoms with Crippen LogP contribution in [-0.2, 0) is 4.79 Å². The summed E-state index contributed by atoms with van der Waals surface area (Å²) in [5.41, 5.74) is 7.49. The van der Waals surface area contributed by atoms with Crippen LogP contribution in [0.3, 0.4) is 0 Å². The van der Waals surface area contributed by atoms with Crippen LogP contribution in [0.25, 0.3) is 0 Å². The molecule has 0 saturated carbocycles. The van der Waals surface area contributed by atoms with Gasteiger partial charge in [0, 0.05) is 22.5 Å². The minimum atomic E-state index is -0.926. The van der Waals surface area contributed by atoms with Crippen LogP contribution >= 0.6 is 15.9 Å². The van der Waals surface area contributed by atoms with Crippen molar-refractivity contribution >= 4 is 21.9 Å². The molecule has 0 aliphatic rings. The molecule has 1 aromatic carbocycles. The highest BCUT2D eigenvalue weighted by atomic mass is 79.9. The zero-order chi connectivity index (χ0) is 13.2. The van der Waals surface area contributed by atoms with Crippen LogP contribution < -0.4 is 5.73 Å². The van der Waals surface area contributed by atoms with E-state index >= 15 is 0 Å². The first-order valence-electron chi connectivity index (χ1n) is 5.27. The fourth-order valence-corrected chi connectivity index (χ4v) is 2.29. The van der Waals surface area contributed by atoms with Crippen molar-refractivity contribution in [1.29, 1.82) is 0 Å². The fraction of sp³-hybridized carbons (Fsp3) is 0.417. The number of benzene rings is 1. The zero-order valence-corrected chi connectivity index (χ0v) is 11.3. The first-order chi connectivity index (χ1) is 7.84. The molecule has 0 spiro atoms. The van der Waals surface area contributed by atoms with Gasteiger partial charge in [0.05, 0.1) is 0 Å². The first-order valence-corrected chi connectivity index (χ1v) is 6.06. The summed E-state index contributed by atoms with van der Waals surface area (Å²) in [5, 5.41) is 8.60. The molecule has 0 bridgehead atoms. The number of hydrogen-bond donors (Lipinski definition) is 2. The smallest absolute Gasteiger partial charge is 0.303 e. The first kappa shape index (κ1) is 14.1. The van der Waals surface area contributed by atoms with Crippen LogP contribution in [0.1, 0.15) is 35.6 Å². The summed E-state index contributed by atoms with van der Waals surface area (Å²) < 4.78 is 14.8. The van der Waals surface area contributed by atoms with Crippen LogP contribution in [0.5, 0.6) is 0 Å². The molecule has 0 saturated heterocycles. The number of hydrogen-bond acceptors (Lipinski definition) is 2. The molecule has 1 rings (SSSR count). The van der Waals surface area contributed by atoms with Gasteiger partial charge in [-0.3, -0.25) is 4.79 Å². The minimum Gasteiger partial charge on any atom is -0.481 e. The summed E-state index contributed by atoms with van der Waals surface area (Å²) in [6.45, 7) is 3.43. The SMILES string of the molecule is Cc1cc(Br)c(C)c(C(N)CCC(=O)O)c1F. The summed E-state index contributed by atoms with van der Waals surface area (Å²) in [4.78, 5) is 10.5. The van der Waals surface area contributed by atoms with E-state index in [0.29, 0.717) is 11.1 Å². The molecule has 3 nitrogen and oxygen atoms in total. The Bertz CT molecular complexity index is 422. The van der Waals surface area contributed by atoms with Crippen molar-refractivity contribution in [3.05, 3.63) is 33.0 Å². The Morgan fingerprint density at radius 3 is 2.71 bits per heavy atom. The number of carboxylic acids is 1. The maximum atomic E-state index is 14.0. The van der Waals surface area contributed by atoms with Gasteiger partial charge in [0.25, 0.3) is 0 Å². The molecular weight excluding hydrogens is 289 g/mol. The van der Waals surface area contributed by atoms with Gasteiger partial charge < -0.3 is 10.8 Å². The highest BCUT2D eigenvalue weighted by Gasteiger charge is 2.19. The van der Waals surface area contributed by atoms with Crippen LogP contribution in [0.4, 0.5) is 4.39 Å². The Balaban J connectivity index is 3.07. The van der Waals surface area contributed by atoms with Crippen LogP contribution in [0, 0.1) is 19.7 Å². The lowest BCUT2D eigenvalue weighted by atomic mass is 9.95. The van der Waals surface area contributed by atoms with Gasteiger partial charge in [0.1, 0.15) is 5.82 Å². The third-order valence-corrected chi connectivity index (χ3v) is 3.55. The van der Waals surface area contributed by atoms with Gasteiger partial charge in [0.15, 0.2) is 0 Å². The van der Waals surface area contributed by atoms with Crippen LogP contribution in [-0.4, -0.2) is 11.1 Å². The second kappa shape index (κ2) is 5.60. The predicted molar refractivity (Wildman–Crippen MR) is 67.4 cm³/mol. The van der Waals surface area contributed by atoms with Crippen LogP contribution in [0.2, 0.25) is 0 Å². The van der Waals surface area contributed by atoms with E-state index in [-0.39, 0.29) is 18.7 Å². The van der Waals surface area contributed by atoms with Gasteiger partial charge in [-0.25, -0.2) is 4.39 Å². The van der Waals surface area contributed by atoms with E-state index in [2.05, 4.69) is 15.9 Å². The third kappa shape index (κ3) is 3.26. The van der Waals surface area contributed by atoms with E-state index in [0.717, 1.165) is 10.0 Å². The summed E-state index contributed by atoms with van der Waals surface area (Å²) in [5.74, 6) is -1.27. The van der Waals surface area contributed by atoms with Crippen molar-refractivity contribution in [1.82, 2.24) is 0 Å². The Morgan fingerprint density at radius 1 is 1.59 bits per heavy atom. The van der Waals surface area contributed by atoms with Gasteiger partial charge >= 0.3 is 5.97 Å². The van der Waals surface area contributed by atoms with Crippen molar-refractivity contribution in [2.45, 2.75) is 32.7 Å². The molecule has 0 amide bonds. The summed E-state index contributed by atoms with van der Waals surface area (Å²) in [7, 11) is 0. The molecule has 1 aromatic rings. The normalized spacial score (nSPS) is 12.5. The number of aryl methyl sites for hydroxylation is 1. The fourth-order valence-electron chi connectivity index (χ4n) is 1.73. The molecular formula is C12H15BrFNO2. The molecule has 1 unspecified atom stereocenters. The highest BCUT2D eigenvalue weighted by Crippen LogP contribution is 2.30. The Kier molecular flexibility index (Phi) is 4.65. The summed E-state index contributed by atoms with van der Waals surface area (Å²) >= 11 is 3.34. The van der Waals surface area contributed by atoms with Gasteiger partial charge in [-0.1, -0.05) is 15.9 Å². The van der Waals surface area contributed by atoms with Gasteiger partial charge in [-0.05, 0) is 37.5 Å². The van der Waals surface area contributed by atoms with E-state index in [4.69, 9.17) is 10.8 Å². The molecule has 0 aliphatic carbocycles. The number of carbonyl (C=O) groups is 1. The molecule has 17 heavy (non-hydrogen) atoms. The number of nitrogens with two attached hydrogens (primary N) is 1. The number of aliphatic carboxylic acids is 1. The Labute approximate surface area is 108 Å². The van der Waals surface area contributed by atoms with Gasteiger partial charge in [0.2, 0.25) is 0 Å². The molecule has 0 radical (unpaired) electrons. The second-order valence-electron chi connectivity index (χ2n) is 4.07. The number of carboxylic acid groups (broad SMARTS) is 1. The number of rotatable bonds is 4. The predicted octanol–water partition coefficient (Wildman–Crippen LogP) is 3.07. The second-order valence-corrected chi connectivity index (χ2v) is 4.92. The van der Waals surface area contributed by atoms with E-state index < -0.39 is 12.0 Å². The third-order valence-electron chi connectivity index (χ3n) is 2.73. The Hall–Kier alpha value is -0.940. The average molecular weight is 304 g/mol. The quantitative estimate of drug-likeness (QED) is 0.898. The topological polar surface area (TPSA) is 63.3 Å². The van der Waals surface area contributed by atoms with Crippen molar-refractivity contribution in [3.63, 3.8) is 0 Å². The van der Waals surface area contributed by atoms with E-state index in [1.807, 2.05) is 0 Å². The summed E-state index contributed by atoms with van der Waals surface area (Å²) in [6.07, 6.45) is 0.161. The van der Waals surface area contributed by atoms with Crippen molar-refractivity contribution < 1.29 is 14.3 Å². The van der Waals surface area contributed by atoms with Crippen LogP contribution in [0.15, 0.2) is 10.5 Å². The minimum absolute atomic E-state index is 0.0639. The monoisotopic (exact) mass is 303 g/mol. The van der Waals surface area contributed by atoms with E-state index in [1.165, 1.54) is 0 Å². The largest absolute Gasteiger partial charge is 0.481 e. The van der Waals surface area contributed by atoms with Gasteiger partial charge in [-0.15, -0.1) is 0 Å².